The summed E-state index contributed by atoms with van der Waals surface area (Å²) in [5, 5.41) is 12.1. The zero-order valence-electron chi connectivity index (χ0n) is 11.2. The van der Waals surface area contributed by atoms with Crippen LogP contribution >= 0.6 is 0 Å². The molecule has 1 heterocycles. The van der Waals surface area contributed by atoms with E-state index in [-0.39, 0.29) is 5.92 Å². The number of carbonyl (C=O) groups is 1. The number of carboxylic acids is 1. The summed E-state index contributed by atoms with van der Waals surface area (Å²) in [6.45, 7) is 6.05. The number of anilines is 1. The predicted molar refractivity (Wildman–Crippen MR) is 70.7 cm³/mol. The van der Waals surface area contributed by atoms with Crippen LogP contribution in [0.1, 0.15) is 51.8 Å². The highest BCUT2D eigenvalue weighted by Gasteiger charge is 2.17. The first-order valence-electron chi connectivity index (χ1n) is 6.36. The van der Waals surface area contributed by atoms with Crippen LogP contribution in [0.15, 0.2) is 12.3 Å². The normalized spacial score (nSPS) is 12.4. The van der Waals surface area contributed by atoms with Crippen LogP contribution in [0.2, 0.25) is 0 Å². The highest BCUT2D eigenvalue weighted by atomic mass is 16.4. The Bertz CT molecular complexity index is 394. The molecule has 0 saturated carbocycles. The third kappa shape index (κ3) is 4.31. The third-order valence-electron chi connectivity index (χ3n) is 2.66. The van der Waals surface area contributed by atoms with Gasteiger partial charge in [-0.05, 0) is 12.5 Å². The van der Waals surface area contributed by atoms with E-state index in [9.17, 15) is 4.79 Å². The molecule has 0 amide bonds. The van der Waals surface area contributed by atoms with E-state index in [2.05, 4.69) is 15.3 Å². The van der Waals surface area contributed by atoms with E-state index in [4.69, 9.17) is 5.11 Å². The van der Waals surface area contributed by atoms with E-state index >= 15 is 0 Å². The number of aromatic nitrogens is 2. The molecular formula is C13H21N3O2. The van der Waals surface area contributed by atoms with E-state index < -0.39 is 12.0 Å². The Morgan fingerprint density at radius 3 is 2.78 bits per heavy atom. The van der Waals surface area contributed by atoms with Gasteiger partial charge in [0.05, 0.1) is 0 Å². The van der Waals surface area contributed by atoms with E-state index in [0.717, 1.165) is 18.7 Å². The Labute approximate surface area is 108 Å². The predicted octanol–water partition coefficient (Wildman–Crippen LogP) is 2.66. The van der Waals surface area contributed by atoms with Crippen molar-refractivity contribution in [3.63, 3.8) is 0 Å². The first-order valence-corrected chi connectivity index (χ1v) is 6.36. The molecule has 5 nitrogen and oxygen atoms in total. The number of hydrogen-bond donors (Lipinski definition) is 2. The number of unbranched alkanes of at least 4 members (excludes halogenated alkanes) is 1. The number of nitrogens with zero attached hydrogens (tertiary/aromatic N) is 2. The summed E-state index contributed by atoms with van der Waals surface area (Å²) >= 11 is 0. The lowest BCUT2D eigenvalue weighted by molar-refractivity contribution is -0.138. The van der Waals surface area contributed by atoms with Gasteiger partial charge in [-0.3, -0.25) is 0 Å². The Balaban J connectivity index is 2.74. The van der Waals surface area contributed by atoms with Gasteiger partial charge in [0, 0.05) is 12.1 Å². The van der Waals surface area contributed by atoms with Gasteiger partial charge in [0.15, 0.2) is 0 Å². The molecule has 0 aliphatic heterocycles. The van der Waals surface area contributed by atoms with Gasteiger partial charge in [0.25, 0.3) is 0 Å². The van der Waals surface area contributed by atoms with Crippen molar-refractivity contribution in [2.75, 3.05) is 5.32 Å². The SMILES string of the molecule is CCCCC(Nc1ccnc(C(C)C)n1)C(=O)O. The molecule has 18 heavy (non-hydrogen) atoms. The number of aliphatic carboxylic acids is 1. The number of hydrogen-bond acceptors (Lipinski definition) is 4. The molecule has 100 valence electrons. The molecule has 1 aromatic heterocycles. The van der Waals surface area contributed by atoms with Crippen molar-refractivity contribution in [2.45, 2.75) is 52.0 Å². The van der Waals surface area contributed by atoms with Gasteiger partial charge >= 0.3 is 5.97 Å². The van der Waals surface area contributed by atoms with E-state index in [1.807, 2.05) is 20.8 Å². The first-order chi connectivity index (χ1) is 8.54. The zero-order valence-corrected chi connectivity index (χ0v) is 11.2. The molecule has 0 aliphatic carbocycles. The van der Waals surface area contributed by atoms with E-state index in [1.165, 1.54) is 0 Å². The lowest BCUT2D eigenvalue weighted by Crippen LogP contribution is -2.29. The highest BCUT2D eigenvalue weighted by molar-refractivity contribution is 5.76. The van der Waals surface area contributed by atoms with Gasteiger partial charge in [0.1, 0.15) is 17.7 Å². The molecular weight excluding hydrogens is 230 g/mol. The topological polar surface area (TPSA) is 75.1 Å². The summed E-state index contributed by atoms with van der Waals surface area (Å²) < 4.78 is 0. The van der Waals surface area contributed by atoms with Crippen LogP contribution in [0.3, 0.4) is 0 Å². The van der Waals surface area contributed by atoms with Gasteiger partial charge in [0.2, 0.25) is 0 Å². The van der Waals surface area contributed by atoms with Gasteiger partial charge in [-0.25, -0.2) is 14.8 Å². The summed E-state index contributed by atoms with van der Waals surface area (Å²) in [7, 11) is 0. The average Bonchev–Trinajstić information content (AvgIpc) is 2.34. The van der Waals surface area contributed by atoms with Crippen LogP contribution < -0.4 is 5.32 Å². The van der Waals surface area contributed by atoms with Crippen LogP contribution in [0.5, 0.6) is 0 Å². The van der Waals surface area contributed by atoms with Gasteiger partial charge in [-0.15, -0.1) is 0 Å². The fraction of sp³-hybridized carbons (Fsp3) is 0.615. The maximum Gasteiger partial charge on any atom is 0.326 e. The van der Waals surface area contributed by atoms with Gasteiger partial charge in [-0.1, -0.05) is 33.6 Å². The molecule has 0 fully saturated rings. The van der Waals surface area contributed by atoms with E-state index in [0.29, 0.717) is 12.2 Å². The quantitative estimate of drug-likeness (QED) is 0.779. The minimum absolute atomic E-state index is 0.227. The largest absolute Gasteiger partial charge is 0.480 e. The minimum Gasteiger partial charge on any atom is -0.480 e. The fourth-order valence-electron chi connectivity index (χ4n) is 1.58. The Kier molecular flexibility index (Phi) is 5.55. The molecule has 0 aliphatic rings. The Morgan fingerprint density at radius 1 is 1.50 bits per heavy atom. The van der Waals surface area contributed by atoms with Crippen LogP contribution in [0.4, 0.5) is 5.82 Å². The maximum atomic E-state index is 11.1. The molecule has 0 spiro atoms. The zero-order chi connectivity index (χ0) is 13.5. The Hall–Kier alpha value is -1.65. The van der Waals surface area contributed by atoms with Crippen molar-refractivity contribution in [2.24, 2.45) is 0 Å². The van der Waals surface area contributed by atoms with Gasteiger partial charge < -0.3 is 10.4 Å². The van der Waals surface area contributed by atoms with Crippen molar-refractivity contribution in [3.8, 4) is 0 Å². The standard InChI is InChI=1S/C13H21N3O2/c1-4-5-6-10(13(17)18)15-11-7-8-14-12(16-11)9(2)3/h7-10H,4-6H2,1-3H3,(H,17,18)(H,14,15,16). The second kappa shape index (κ2) is 6.93. The molecule has 0 radical (unpaired) electrons. The maximum absolute atomic E-state index is 11.1. The summed E-state index contributed by atoms with van der Waals surface area (Å²) in [6, 6.07) is 1.12. The van der Waals surface area contributed by atoms with Crippen molar-refractivity contribution in [1.29, 1.82) is 0 Å². The summed E-state index contributed by atoms with van der Waals surface area (Å²) in [6.07, 6.45) is 4.12. The summed E-state index contributed by atoms with van der Waals surface area (Å²) in [5.74, 6) is 0.690. The molecule has 1 rings (SSSR count). The van der Waals surface area contributed by atoms with Gasteiger partial charge in [-0.2, -0.15) is 0 Å². The fourth-order valence-corrected chi connectivity index (χ4v) is 1.58. The second-order valence-corrected chi connectivity index (χ2v) is 4.63. The van der Waals surface area contributed by atoms with Crippen LogP contribution in [0, 0.1) is 0 Å². The number of nitrogens with one attached hydrogen (secondary N) is 1. The highest BCUT2D eigenvalue weighted by Crippen LogP contribution is 2.13. The molecule has 0 aromatic carbocycles. The third-order valence-corrected chi connectivity index (χ3v) is 2.66. The smallest absolute Gasteiger partial charge is 0.326 e. The minimum atomic E-state index is -0.840. The summed E-state index contributed by atoms with van der Waals surface area (Å²) in [5.41, 5.74) is 0. The number of rotatable bonds is 7. The van der Waals surface area contributed by atoms with Crippen molar-refractivity contribution in [1.82, 2.24) is 9.97 Å². The lowest BCUT2D eigenvalue weighted by Gasteiger charge is -2.15. The molecule has 2 N–H and O–H groups in total. The second-order valence-electron chi connectivity index (χ2n) is 4.63. The van der Waals surface area contributed by atoms with E-state index in [1.54, 1.807) is 12.3 Å². The molecule has 5 heteroatoms. The van der Waals surface area contributed by atoms with Crippen molar-refractivity contribution >= 4 is 11.8 Å². The van der Waals surface area contributed by atoms with Crippen molar-refractivity contribution in [3.05, 3.63) is 18.1 Å². The molecule has 1 unspecified atom stereocenters. The number of carboxylic acid groups (broad SMARTS) is 1. The molecule has 1 atom stereocenters. The average molecular weight is 251 g/mol. The monoisotopic (exact) mass is 251 g/mol. The lowest BCUT2D eigenvalue weighted by atomic mass is 10.1. The van der Waals surface area contributed by atoms with Crippen LogP contribution in [-0.2, 0) is 4.79 Å². The van der Waals surface area contributed by atoms with Crippen molar-refractivity contribution < 1.29 is 9.90 Å². The van der Waals surface area contributed by atoms with Crippen LogP contribution in [0.25, 0.3) is 0 Å². The first kappa shape index (κ1) is 14.4. The molecule has 1 aromatic rings. The molecule has 0 saturated heterocycles. The van der Waals surface area contributed by atoms with Crippen LogP contribution in [-0.4, -0.2) is 27.1 Å². The Morgan fingerprint density at radius 2 is 2.22 bits per heavy atom. The molecule has 0 bridgehead atoms. The summed E-state index contributed by atoms with van der Waals surface area (Å²) in [4.78, 5) is 19.6.